The van der Waals surface area contributed by atoms with Crippen LogP contribution in [-0.4, -0.2) is 24.5 Å². The van der Waals surface area contributed by atoms with Gasteiger partial charge in [-0.15, -0.1) is 0 Å². The lowest BCUT2D eigenvalue weighted by Crippen LogP contribution is -2.23. The van der Waals surface area contributed by atoms with E-state index in [1.54, 1.807) is 37.6 Å². The summed E-state index contributed by atoms with van der Waals surface area (Å²) in [7, 11) is 1.65. The maximum absolute atomic E-state index is 12.9. The van der Waals surface area contributed by atoms with Crippen LogP contribution in [0.5, 0.6) is 5.75 Å². The highest BCUT2D eigenvalue weighted by molar-refractivity contribution is 5.94. The van der Waals surface area contributed by atoms with Gasteiger partial charge in [0.05, 0.1) is 7.11 Å². The molecular formula is C22H22FN3O2. The molecule has 2 aromatic carbocycles. The number of rotatable bonds is 8. The van der Waals surface area contributed by atoms with Crippen LogP contribution in [0.1, 0.15) is 21.5 Å². The van der Waals surface area contributed by atoms with Gasteiger partial charge in [-0.2, -0.15) is 0 Å². The van der Waals surface area contributed by atoms with Crippen LogP contribution < -0.4 is 15.4 Å². The summed E-state index contributed by atoms with van der Waals surface area (Å²) < 4.78 is 18.2. The molecule has 28 heavy (non-hydrogen) atoms. The first-order valence-electron chi connectivity index (χ1n) is 8.99. The number of hydrogen-bond donors (Lipinski definition) is 2. The van der Waals surface area contributed by atoms with Crippen LogP contribution >= 0.6 is 0 Å². The average Bonchev–Trinajstić information content (AvgIpc) is 2.73. The van der Waals surface area contributed by atoms with E-state index >= 15 is 0 Å². The quantitative estimate of drug-likeness (QED) is 0.625. The number of halogens is 1. The minimum Gasteiger partial charge on any atom is -0.497 e. The van der Waals surface area contributed by atoms with Gasteiger partial charge < -0.3 is 15.4 Å². The van der Waals surface area contributed by atoms with E-state index < -0.39 is 0 Å². The first-order chi connectivity index (χ1) is 13.6. The molecule has 5 nitrogen and oxygen atoms in total. The second-order valence-electron chi connectivity index (χ2n) is 6.27. The van der Waals surface area contributed by atoms with Crippen LogP contribution in [0.25, 0.3) is 0 Å². The second kappa shape index (κ2) is 9.50. The van der Waals surface area contributed by atoms with Crippen molar-refractivity contribution >= 4 is 11.7 Å². The lowest BCUT2D eigenvalue weighted by atomic mass is 10.1. The fourth-order valence-corrected chi connectivity index (χ4v) is 2.72. The molecule has 1 aromatic heterocycles. The normalized spacial score (nSPS) is 10.4. The zero-order chi connectivity index (χ0) is 19.8. The Morgan fingerprint density at radius 2 is 1.89 bits per heavy atom. The second-order valence-corrected chi connectivity index (χ2v) is 6.27. The van der Waals surface area contributed by atoms with Gasteiger partial charge >= 0.3 is 0 Å². The van der Waals surface area contributed by atoms with E-state index in [1.807, 2.05) is 24.3 Å². The van der Waals surface area contributed by atoms with Gasteiger partial charge in [0.25, 0.3) is 5.91 Å². The van der Waals surface area contributed by atoms with E-state index in [9.17, 15) is 9.18 Å². The molecule has 3 rings (SSSR count). The number of aromatic nitrogens is 1. The van der Waals surface area contributed by atoms with E-state index in [2.05, 4.69) is 15.6 Å². The van der Waals surface area contributed by atoms with Crippen molar-refractivity contribution in [3.63, 3.8) is 0 Å². The molecule has 0 saturated heterocycles. The third kappa shape index (κ3) is 5.54. The number of hydrogen-bond acceptors (Lipinski definition) is 4. The van der Waals surface area contributed by atoms with Crippen molar-refractivity contribution in [3.8, 4) is 5.75 Å². The Hall–Kier alpha value is -3.41. The van der Waals surface area contributed by atoms with Gasteiger partial charge in [-0.05, 0) is 53.9 Å². The Bertz CT molecular complexity index is 929. The maximum atomic E-state index is 12.9. The summed E-state index contributed by atoms with van der Waals surface area (Å²) in [5, 5.41) is 6.06. The molecule has 1 amide bonds. The van der Waals surface area contributed by atoms with E-state index in [0.29, 0.717) is 24.5 Å². The van der Waals surface area contributed by atoms with Crippen molar-refractivity contribution in [1.29, 1.82) is 0 Å². The number of amides is 1. The SMILES string of the molecule is COc1cccc(CCNc2cc(C(=O)NCc3ccc(F)cc3)ccn2)c1. The minimum atomic E-state index is -0.297. The fourth-order valence-electron chi connectivity index (χ4n) is 2.72. The van der Waals surface area contributed by atoms with Crippen LogP contribution in [0, 0.1) is 5.82 Å². The Morgan fingerprint density at radius 1 is 1.07 bits per heavy atom. The van der Waals surface area contributed by atoms with E-state index in [4.69, 9.17) is 4.74 Å². The lowest BCUT2D eigenvalue weighted by molar-refractivity contribution is 0.0951. The number of nitrogens with zero attached hydrogens (tertiary/aromatic N) is 1. The summed E-state index contributed by atoms with van der Waals surface area (Å²) in [5.41, 5.74) is 2.50. The van der Waals surface area contributed by atoms with Crippen molar-refractivity contribution in [2.75, 3.05) is 19.0 Å². The van der Waals surface area contributed by atoms with Gasteiger partial charge in [-0.25, -0.2) is 9.37 Å². The third-order valence-electron chi connectivity index (χ3n) is 4.24. The fraction of sp³-hybridized carbons (Fsp3) is 0.182. The van der Waals surface area contributed by atoms with Crippen LogP contribution in [0.3, 0.4) is 0 Å². The summed E-state index contributed by atoms with van der Waals surface area (Å²) >= 11 is 0. The Balaban J connectivity index is 1.52. The highest BCUT2D eigenvalue weighted by Gasteiger charge is 2.07. The summed E-state index contributed by atoms with van der Waals surface area (Å²) in [6.45, 7) is 1.01. The molecule has 0 atom stereocenters. The Morgan fingerprint density at radius 3 is 2.68 bits per heavy atom. The molecule has 144 valence electrons. The maximum Gasteiger partial charge on any atom is 0.251 e. The van der Waals surface area contributed by atoms with Crippen LogP contribution in [-0.2, 0) is 13.0 Å². The molecule has 0 aliphatic heterocycles. The molecule has 6 heteroatoms. The molecule has 2 N–H and O–H groups in total. The smallest absolute Gasteiger partial charge is 0.251 e. The number of pyridine rings is 1. The predicted molar refractivity (Wildman–Crippen MR) is 107 cm³/mol. The zero-order valence-electron chi connectivity index (χ0n) is 15.6. The number of nitrogens with one attached hydrogen (secondary N) is 2. The van der Waals surface area contributed by atoms with Crippen molar-refractivity contribution in [2.45, 2.75) is 13.0 Å². The number of carbonyl (C=O) groups is 1. The zero-order valence-corrected chi connectivity index (χ0v) is 15.6. The molecular weight excluding hydrogens is 357 g/mol. The lowest BCUT2D eigenvalue weighted by Gasteiger charge is -2.09. The predicted octanol–water partition coefficient (Wildman–Crippen LogP) is 3.81. The summed E-state index contributed by atoms with van der Waals surface area (Å²) in [6, 6.07) is 17.3. The van der Waals surface area contributed by atoms with Gasteiger partial charge in [0, 0.05) is 24.8 Å². The number of anilines is 1. The topological polar surface area (TPSA) is 63.2 Å². The molecule has 0 saturated carbocycles. The van der Waals surface area contributed by atoms with Crippen LogP contribution in [0.2, 0.25) is 0 Å². The molecule has 1 heterocycles. The molecule has 0 unspecified atom stereocenters. The molecule has 0 radical (unpaired) electrons. The summed E-state index contributed by atoms with van der Waals surface area (Å²) in [6.07, 6.45) is 2.40. The largest absolute Gasteiger partial charge is 0.497 e. The highest BCUT2D eigenvalue weighted by atomic mass is 19.1. The number of benzene rings is 2. The highest BCUT2D eigenvalue weighted by Crippen LogP contribution is 2.13. The average molecular weight is 379 g/mol. The van der Waals surface area contributed by atoms with E-state index in [0.717, 1.165) is 23.3 Å². The third-order valence-corrected chi connectivity index (χ3v) is 4.24. The van der Waals surface area contributed by atoms with Crippen molar-refractivity contribution < 1.29 is 13.9 Å². The van der Waals surface area contributed by atoms with E-state index in [1.165, 1.54) is 12.1 Å². The molecule has 0 aliphatic carbocycles. The molecule has 0 bridgehead atoms. The van der Waals surface area contributed by atoms with Crippen LogP contribution in [0.15, 0.2) is 66.9 Å². The Kier molecular flexibility index (Phi) is 6.57. The van der Waals surface area contributed by atoms with Gasteiger partial charge in [0.2, 0.25) is 0 Å². The van der Waals surface area contributed by atoms with E-state index in [-0.39, 0.29) is 11.7 Å². The summed E-state index contributed by atoms with van der Waals surface area (Å²) in [4.78, 5) is 16.6. The van der Waals surface area contributed by atoms with Gasteiger partial charge in [0.15, 0.2) is 0 Å². The Labute approximate surface area is 163 Å². The first-order valence-corrected chi connectivity index (χ1v) is 8.99. The minimum absolute atomic E-state index is 0.206. The molecule has 0 spiro atoms. The van der Waals surface area contributed by atoms with Crippen molar-refractivity contribution in [2.24, 2.45) is 0 Å². The van der Waals surface area contributed by atoms with Gasteiger partial charge in [-0.1, -0.05) is 24.3 Å². The standard InChI is InChI=1S/C22H22FN3O2/c1-28-20-4-2-3-16(13-20)9-11-24-21-14-18(10-12-25-21)22(27)26-15-17-5-7-19(23)8-6-17/h2-8,10,12-14H,9,11,15H2,1H3,(H,24,25)(H,26,27). The van der Waals surface area contributed by atoms with Crippen LogP contribution in [0.4, 0.5) is 10.2 Å². The van der Waals surface area contributed by atoms with Crippen molar-refractivity contribution in [1.82, 2.24) is 10.3 Å². The van der Waals surface area contributed by atoms with Crippen molar-refractivity contribution in [3.05, 3.63) is 89.4 Å². The van der Waals surface area contributed by atoms with Gasteiger partial charge in [-0.3, -0.25) is 4.79 Å². The molecule has 0 aliphatic rings. The summed E-state index contributed by atoms with van der Waals surface area (Å²) in [5.74, 6) is 0.962. The molecule has 0 fully saturated rings. The number of methoxy groups -OCH3 is 1. The van der Waals surface area contributed by atoms with Gasteiger partial charge in [0.1, 0.15) is 17.4 Å². The number of carbonyl (C=O) groups excluding carboxylic acids is 1. The monoisotopic (exact) mass is 379 g/mol. The first kappa shape index (κ1) is 19.4. The molecule has 3 aromatic rings. The number of ether oxygens (including phenoxy) is 1.